The molecule has 0 atom stereocenters. The van der Waals surface area contributed by atoms with Crippen molar-refractivity contribution in [1.29, 1.82) is 0 Å². The monoisotopic (exact) mass is 370 g/mol. The van der Waals surface area contributed by atoms with E-state index < -0.39 is 0 Å². The summed E-state index contributed by atoms with van der Waals surface area (Å²) in [5.41, 5.74) is 1.91. The highest BCUT2D eigenvalue weighted by atomic mass is 32.2. The first-order valence-electron chi connectivity index (χ1n) is 8.17. The van der Waals surface area contributed by atoms with Crippen molar-refractivity contribution in [3.63, 3.8) is 0 Å². The number of carbonyl (C=O) groups excluding carboxylic acids is 1. The molecule has 0 aliphatic rings. The Kier molecular flexibility index (Phi) is 5.73. The fourth-order valence-corrected chi connectivity index (χ4v) is 3.48. The summed E-state index contributed by atoms with van der Waals surface area (Å²) in [5, 5.41) is 3.87. The van der Waals surface area contributed by atoms with Crippen molar-refractivity contribution in [3.8, 4) is 0 Å². The molecule has 4 nitrogen and oxygen atoms in total. The first-order chi connectivity index (χ1) is 12.5. The van der Waals surface area contributed by atoms with Crippen molar-refractivity contribution in [1.82, 2.24) is 10.1 Å². The van der Waals surface area contributed by atoms with Crippen LogP contribution in [-0.4, -0.2) is 23.0 Å². The molecule has 6 heteroatoms. The first-order valence-corrected chi connectivity index (χ1v) is 9.16. The van der Waals surface area contributed by atoms with E-state index >= 15 is 0 Å². The lowest BCUT2D eigenvalue weighted by atomic mass is 10.1. The quantitative estimate of drug-likeness (QED) is 0.591. The van der Waals surface area contributed by atoms with E-state index in [9.17, 15) is 9.18 Å². The van der Waals surface area contributed by atoms with Crippen LogP contribution < -0.4 is 0 Å². The smallest absolute Gasteiger partial charge is 0.255 e. The van der Waals surface area contributed by atoms with E-state index in [1.54, 1.807) is 31.3 Å². The number of halogens is 1. The van der Waals surface area contributed by atoms with Gasteiger partial charge >= 0.3 is 0 Å². The average Bonchev–Trinajstić information content (AvgIpc) is 3.07. The summed E-state index contributed by atoms with van der Waals surface area (Å²) in [4.78, 5) is 15.2. The lowest BCUT2D eigenvalue weighted by Gasteiger charge is -2.19. The Labute approximate surface area is 156 Å². The predicted molar refractivity (Wildman–Crippen MR) is 99.4 cm³/mol. The summed E-state index contributed by atoms with van der Waals surface area (Å²) in [6.07, 6.45) is 0. The number of rotatable bonds is 6. The average molecular weight is 370 g/mol. The Morgan fingerprint density at radius 2 is 1.92 bits per heavy atom. The third-order valence-corrected chi connectivity index (χ3v) is 4.97. The highest BCUT2D eigenvalue weighted by Gasteiger charge is 2.17. The van der Waals surface area contributed by atoms with Crippen molar-refractivity contribution < 1.29 is 13.7 Å². The first kappa shape index (κ1) is 18.2. The normalized spacial score (nSPS) is 10.7. The maximum Gasteiger partial charge on any atom is 0.255 e. The van der Waals surface area contributed by atoms with Crippen LogP contribution in [0.2, 0.25) is 0 Å². The fraction of sp³-hybridized carbons (Fsp3) is 0.200. The second-order valence-corrected chi connectivity index (χ2v) is 6.99. The number of aryl methyl sites for hydroxylation is 1. The summed E-state index contributed by atoms with van der Waals surface area (Å²) in [5.74, 6) is 0.886. The Hall–Kier alpha value is -2.60. The molecular formula is C20H19FN2O2S. The third kappa shape index (κ3) is 4.32. The largest absolute Gasteiger partial charge is 0.360 e. The van der Waals surface area contributed by atoms with Crippen LogP contribution in [0.4, 0.5) is 4.39 Å². The van der Waals surface area contributed by atoms with E-state index in [1.165, 1.54) is 22.7 Å². The summed E-state index contributed by atoms with van der Waals surface area (Å²) in [6.45, 7) is 2.08. The van der Waals surface area contributed by atoms with Crippen molar-refractivity contribution in [2.24, 2.45) is 0 Å². The fourth-order valence-electron chi connectivity index (χ4n) is 2.56. The van der Waals surface area contributed by atoms with Crippen LogP contribution in [0.3, 0.4) is 0 Å². The molecule has 3 aromatic rings. The van der Waals surface area contributed by atoms with Crippen LogP contribution in [0, 0.1) is 12.7 Å². The van der Waals surface area contributed by atoms with E-state index in [-0.39, 0.29) is 18.3 Å². The number of hydrogen-bond donors (Lipinski definition) is 0. The maximum atomic E-state index is 13.8. The number of aromatic nitrogens is 1. The maximum absolute atomic E-state index is 13.8. The Bertz CT molecular complexity index is 910. The molecule has 0 bridgehead atoms. The van der Waals surface area contributed by atoms with Gasteiger partial charge in [-0.1, -0.05) is 35.5 Å². The highest BCUT2D eigenvalue weighted by Crippen LogP contribution is 2.27. The van der Waals surface area contributed by atoms with E-state index in [2.05, 4.69) is 5.16 Å². The van der Waals surface area contributed by atoms with Gasteiger partial charge in [0.05, 0.1) is 17.0 Å². The molecule has 1 heterocycles. The van der Waals surface area contributed by atoms with Crippen LogP contribution in [0.15, 0.2) is 64.0 Å². The number of thioether (sulfide) groups is 1. The second kappa shape index (κ2) is 8.19. The van der Waals surface area contributed by atoms with Gasteiger partial charge in [0.1, 0.15) is 11.6 Å². The van der Waals surface area contributed by atoms with Crippen LogP contribution in [-0.2, 0) is 12.3 Å². The van der Waals surface area contributed by atoms with Crippen LogP contribution in [0.5, 0.6) is 0 Å². The molecule has 0 fully saturated rings. The zero-order valence-corrected chi connectivity index (χ0v) is 15.4. The lowest BCUT2D eigenvalue weighted by molar-refractivity contribution is 0.0780. The summed E-state index contributed by atoms with van der Waals surface area (Å²) >= 11 is 1.51. The topological polar surface area (TPSA) is 46.3 Å². The number of benzene rings is 2. The molecule has 0 spiro atoms. The molecule has 1 aromatic heterocycles. The zero-order chi connectivity index (χ0) is 18.5. The van der Waals surface area contributed by atoms with Crippen LogP contribution >= 0.6 is 11.8 Å². The highest BCUT2D eigenvalue weighted by molar-refractivity contribution is 7.98. The van der Waals surface area contributed by atoms with Crippen molar-refractivity contribution in [2.75, 3.05) is 7.05 Å². The number of carbonyl (C=O) groups is 1. The molecular weight excluding hydrogens is 351 g/mol. The Morgan fingerprint density at radius 3 is 2.65 bits per heavy atom. The molecule has 3 rings (SSSR count). The van der Waals surface area contributed by atoms with Gasteiger partial charge in [0, 0.05) is 30.1 Å². The van der Waals surface area contributed by atoms with E-state index in [0.717, 1.165) is 16.3 Å². The van der Waals surface area contributed by atoms with Crippen molar-refractivity contribution >= 4 is 17.7 Å². The van der Waals surface area contributed by atoms with E-state index in [1.807, 2.05) is 31.2 Å². The number of nitrogens with zero attached hydrogens (tertiary/aromatic N) is 2. The minimum absolute atomic E-state index is 0.148. The second-order valence-electron chi connectivity index (χ2n) is 5.97. The SMILES string of the molecule is Cc1cc(CSc2ccccc2C(=O)N(C)Cc2ccccc2F)on1. The summed E-state index contributed by atoms with van der Waals surface area (Å²) in [7, 11) is 1.68. The Balaban J connectivity index is 1.73. The van der Waals surface area contributed by atoms with E-state index in [0.29, 0.717) is 16.9 Å². The Morgan fingerprint density at radius 1 is 1.19 bits per heavy atom. The van der Waals surface area contributed by atoms with Gasteiger partial charge in [-0.05, 0) is 25.1 Å². The molecule has 0 aliphatic carbocycles. The van der Waals surface area contributed by atoms with Gasteiger partial charge in [-0.15, -0.1) is 11.8 Å². The van der Waals surface area contributed by atoms with Gasteiger partial charge < -0.3 is 9.42 Å². The molecule has 0 saturated carbocycles. The van der Waals surface area contributed by atoms with Gasteiger partial charge in [-0.25, -0.2) is 4.39 Å². The van der Waals surface area contributed by atoms with Gasteiger partial charge in [-0.3, -0.25) is 4.79 Å². The van der Waals surface area contributed by atoms with Gasteiger partial charge in [0.2, 0.25) is 0 Å². The molecule has 0 saturated heterocycles. The summed E-state index contributed by atoms with van der Waals surface area (Å²) in [6, 6.07) is 15.8. The molecule has 0 N–H and O–H groups in total. The molecule has 1 amide bonds. The standard InChI is InChI=1S/C20H19FN2O2S/c1-14-11-16(25-22-14)13-26-19-10-6-4-8-17(19)20(24)23(2)12-15-7-3-5-9-18(15)21/h3-11H,12-13H2,1-2H3. The summed E-state index contributed by atoms with van der Waals surface area (Å²) < 4.78 is 19.1. The number of amides is 1. The van der Waals surface area contributed by atoms with E-state index in [4.69, 9.17) is 4.52 Å². The van der Waals surface area contributed by atoms with Gasteiger partial charge in [0.15, 0.2) is 0 Å². The predicted octanol–water partition coefficient (Wildman–Crippen LogP) is 4.69. The van der Waals surface area contributed by atoms with Crippen molar-refractivity contribution in [3.05, 3.63) is 83.0 Å². The minimum Gasteiger partial charge on any atom is -0.360 e. The molecule has 26 heavy (non-hydrogen) atoms. The lowest BCUT2D eigenvalue weighted by Crippen LogP contribution is -2.27. The third-order valence-electron chi connectivity index (χ3n) is 3.88. The molecule has 0 unspecified atom stereocenters. The van der Waals surface area contributed by atoms with Gasteiger partial charge in [-0.2, -0.15) is 0 Å². The van der Waals surface area contributed by atoms with Gasteiger partial charge in [0.25, 0.3) is 5.91 Å². The number of hydrogen-bond acceptors (Lipinski definition) is 4. The molecule has 2 aromatic carbocycles. The molecule has 0 aliphatic heterocycles. The minimum atomic E-state index is -0.310. The van der Waals surface area contributed by atoms with Crippen LogP contribution in [0.1, 0.15) is 27.4 Å². The van der Waals surface area contributed by atoms with Crippen LogP contribution in [0.25, 0.3) is 0 Å². The van der Waals surface area contributed by atoms with Crippen molar-refractivity contribution in [2.45, 2.75) is 24.1 Å². The molecule has 0 radical (unpaired) electrons. The molecule has 134 valence electrons. The zero-order valence-electron chi connectivity index (χ0n) is 14.6.